The molecule has 0 aliphatic carbocycles. The normalized spacial score (nSPS) is 16.4. The lowest BCUT2D eigenvalue weighted by atomic mass is 10.0. The minimum atomic E-state index is -0.294. The molecule has 0 spiro atoms. The van der Waals surface area contributed by atoms with Crippen molar-refractivity contribution in [3.8, 4) is 16.9 Å². The number of hydrogen-bond acceptors (Lipinski definition) is 3. The van der Waals surface area contributed by atoms with Crippen LogP contribution in [0.2, 0.25) is 0 Å². The number of rotatable bonds is 4. The van der Waals surface area contributed by atoms with Gasteiger partial charge in [-0.25, -0.2) is 14.1 Å². The number of piperidine rings is 1. The first-order chi connectivity index (χ1) is 15.2. The molecule has 0 radical (unpaired) electrons. The van der Waals surface area contributed by atoms with E-state index in [0.717, 1.165) is 42.0 Å². The van der Waals surface area contributed by atoms with Crippen LogP contribution in [0.3, 0.4) is 0 Å². The fourth-order valence-corrected chi connectivity index (χ4v) is 4.08. The molecule has 1 atom stereocenters. The molecule has 3 heterocycles. The molecule has 156 valence electrons. The van der Waals surface area contributed by atoms with E-state index >= 15 is 0 Å². The van der Waals surface area contributed by atoms with Crippen LogP contribution in [0.5, 0.6) is 0 Å². The number of imidazole rings is 1. The third kappa shape index (κ3) is 3.86. The summed E-state index contributed by atoms with van der Waals surface area (Å²) in [5, 5.41) is 4.50. The number of likely N-dealkylation sites (tertiary alicyclic amines) is 1. The van der Waals surface area contributed by atoms with Crippen LogP contribution in [-0.4, -0.2) is 37.1 Å². The summed E-state index contributed by atoms with van der Waals surface area (Å²) in [4.78, 5) is 23.0. The molecule has 1 fully saturated rings. The van der Waals surface area contributed by atoms with Crippen molar-refractivity contribution in [2.45, 2.75) is 25.3 Å². The fraction of sp³-hybridized carbons (Fsp3) is 0.208. The van der Waals surface area contributed by atoms with Crippen molar-refractivity contribution in [1.82, 2.24) is 24.6 Å². The lowest BCUT2D eigenvalue weighted by Crippen LogP contribution is -2.39. The van der Waals surface area contributed by atoms with Crippen LogP contribution >= 0.6 is 0 Å². The van der Waals surface area contributed by atoms with Gasteiger partial charge in [-0.3, -0.25) is 4.79 Å². The molecule has 31 heavy (non-hydrogen) atoms. The van der Waals surface area contributed by atoms with Crippen LogP contribution in [0.15, 0.2) is 73.1 Å². The first kappa shape index (κ1) is 19.2. The largest absolute Gasteiger partial charge is 0.340 e. The first-order valence-electron chi connectivity index (χ1n) is 10.4. The average Bonchev–Trinajstić information content (AvgIpc) is 3.50. The van der Waals surface area contributed by atoms with E-state index in [0.29, 0.717) is 12.2 Å². The molecule has 1 amide bonds. The number of H-pyrrole nitrogens is 1. The van der Waals surface area contributed by atoms with Gasteiger partial charge in [0.15, 0.2) is 5.69 Å². The van der Waals surface area contributed by atoms with Gasteiger partial charge >= 0.3 is 0 Å². The van der Waals surface area contributed by atoms with Crippen molar-refractivity contribution in [2.24, 2.45) is 0 Å². The maximum absolute atomic E-state index is 13.6. The standard InChI is InChI=1S/C24H22FN5O/c25-18-8-6-7-17(15-18)21-16-26-23(27-21)22-11-4-5-13-29(22)24(31)20-12-14-30(28-20)19-9-2-1-3-10-19/h1-3,6-10,12,14-16,22H,4-5,11,13H2,(H,26,27). The molecule has 0 saturated carbocycles. The number of nitrogens with zero attached hydrogens (tertiary/aromatic N) is 4. The molecule has 5 rings (SSSR count). The lowest BCUT2D eigenvalue weighted by Gasteiger charge is -2.34. The summed E-state index contributed by atoms with van der Waals surface area (Å²) in [5.74, 6) is 0.315. The molecule has 1 N–H and O–H groups in total. The van der Waals surface area contributed by atoms with E-state index in [4.69, 9.17) is 0 Å². The van der Waals surface area contributed by atoms with Gasteiger partial charge in [0, 0.05) is 18.3 Å². The van der Waals surface area contributed by atoms with Crippen molar-refractivity contribution >= 4 is 5.91 Å². The number of hydrogen-bond donors (Lipinski definition) is 1. The summed E-state index contributed by atoms with van der Waals surface area (Å²) >= 11 is 0. The summed E-state index contributed by atoms with van der Waals surface area (Å²) in [6.07, 6.45) is 6.28. The van der Waals surface area contributed by atoms with Gasteiger partial charge in [-0.2, -0.15) is 5.10 Å². The van der Waals surface area contributed by atoms with Crippen molar-refractivity contribution in [3.63, 3.8) is 0 Å². The maximum atomic E-state index is 13.6. The van der Waals surface area contributed by atoms with E-state index < -0.39 is 0 Å². The lowest BCUT2D eigenvalue weighted by molar-refractivity contribution is 0.0594. The number of amides is 1. The number of aromatic amines is 1. The highest BCUT2D eigenvalue weighted by Gasteiger charge is 2.31. The fourth-order valence-electron chi connectivity index (χ4n) is 4.08. The van der Waals surface area contributed by atoms with E-state index in [9.17, 15) is 9.18 Å². The Bertz CT molecular complexity index is 1200. The molecule has 2 aromatic heterocycles. The Labute approximate surface area is 179 Å². The molecule has 4 aromatic rings. The molecule has 1 unspecified atom stereocenters. The summed E-state index contributed by atoms with van der Waals surface area (Å²) in [6.45, 7) is 0.650. The topological polar surface area (TPSA) is 66.8 Å². The Morgan fingerprint density at radius 3 is 2.77 bits per heavy atom. The van der Waals surface area contributed by atoms with E-state index in [2.05, 4.69) is 15.1 Å². The van der Waals surface area contributed by atoms with Gasteiger partial charge in [0.1, 0.15) is 11.6 Å². The molecule has 6 nitrogen and oxygen atoms in total. The van der Waals surface area contributed by atoms with Crippen LogP contribution in [0.1, 0.15) is 41.6 Å². The molecule has 7 heteroatoms. The van der Waals surface area contributed by atoms with Crippen LogP contribution < -0.4 is 0 Å². The number of benzene rings is 2. The van der Waals surface area contributed by atoms with Crippen LogP contribution in [0.25, 0.3) is 16.9 Å². The van der Waals surface area contributed by atoms with Gasteiger partial charge in [0.25, 0.3) is 5.91 Å². The van der Waals surface area contributed by atoms with Crippen LogP contribution in [0.4, 0.5) is 4.39 Å². The summed E-state index contributed by atoms with van der Waals surface area (Å²) in [6, 6.07) is 17.7. The quantitative estimate of drug-likeness (QED) is 0.522. The Morgan fingerprint density at radius 2 is 1.94 bits per heavy atom. The van der Waals surface area contributed by atoms with Crippen LogP contribution in [-0.2, 0) is 0 Å². The molecule has 0 bridgehead atoms. The average molecular weight is 415 g/mol. The Hall–Kier alpha value is -3.74. The molecule has 2 aromatic carbocycles. The predicted molar refractivity (Wildman–Crippen MR) is 115 cm³/mol. The first-order valence-corrected chi connectivity index (χ1v) is 10.4. The van der Waals surface area contributed by atoms with Crippen LogP contribution in [0, 0.1) is 5.82 Å². The van der Waals surface area contributed by atoms with Gasteiger partial charge in [0.05, 0.1) is 23.6 Å². The molecule has 1 aliphatic rings. The number of carbonyl (C=O) groups is 1. The number of carbonyl (C=O) groups excluding carboxylic acids is 1. The van der Waals surface area contributed by atoms with Gasteiger partial charge in [-0.05, 0) is 49.6 Å². The zero-order valence-electron chi connectivity index (χ0n) is 16.9. The second-order valence-electron chi connectivity index (χ2n) is 7.68. The van der Waals surface area contributed by atoms with E-state index in [1.54, 1.807) is 29.2 Å². The van der Waals surface area contributed by atoms with Crippen molar-refractivity contribution < 1.29 is 9.18 Å². The number of nitrogens with one attached hydrogen (secondary N) is 1. The second kappa shape index (κ2) is 8.18. The highest BCUT2D eigenvalue weighted by Crippen LogP contribution is 2.31. The smallest absolute Gasteiger partial charge is 0.274 e. The van der Waals surface area contributed by atoms with Crippen molar-refractivity contribution in [1.29, 1.82) is 0 Å². The highest BCUT2D eigenvalue weighted by atomic mass is 19.1. The number of para-hydroxylation sites is 1. The Kier molecular flexibility index (Phi) is 5.08. The van der Waals surface area contributed by atoms with Gasteiger partial charge in [-0.15, -0.1) is 0 Å². The molecular formula is C24H22FN5O. The number of aromatic nitrogens is 4. The predicted octanol–water partition coefficient (Wildman–Crippen LogP) is 4.77. The van der Waals surface area contributed by atoms with E-state index in [-0.39, 0.29) is 17.8 Å². The van der Waals surface area contributed by atoms with Gasteiger partial charge in [-0.1, -0.05) is 30.3 Å². The van der Waals surface area contributed by atoms with Crippen molar-refractivity contribution in [3.05, 3.63) is 90.4 Å². The summed E-state index contributed by atoms with van der Waals surface area (Å²) in [5.41, 5.74) is 2.78. The third-order valence-electron chi connectivity index (χ3n) is 5.64. The Morgan fingerprint density at radius 1 is 1.06 bits per heavy atom. The van der Waals surface area contributed by atoms with E-state index in [1.165, 1.54) is 12.1 Å². The second-order valence-corrected chi connectivity index (χ2v) is 7.68. The number of halogens is 1. The SMILES string of the molecule is O=C(c1ccn(-c2ccccc2)n1)N1CCCCC1c1ncc(-c2cccc(F)c2)[nH]1. The Balaban J connectivity index is 1.40. The minimum absolute atomic E-state index is 0.108. The monoisotopic (exact) mass is 415 g/mol. The van der Waals surface area contributed by atoms with E-state index in [1.807, 2.05) is 41.3 Å². The summed E-state index contributed by atoms with van der Waals surface area (Å²) < 4.78 is 15.3. The highest BCUT2D eigenvalue weighted by molar-refractivity contribution is 5.92. The maximum Gasteiger partial charge on any atom is 0.274 e. The zero-order chi connectivity index (χ0) is 21.2. The van der Waals surface area contributed by atoms with Gasteiger partial charge in [0.2, 0.25) is 0 Å². The zero-order valence-corrected chi connectivity index (χ0v) is 16.9. The molecule has 1 saturated heterocycles. The van der Waals surface area contributed by atoms with Gasteiger partial charge < -0.3 is 9.88 Å². The minimum Gasteiger partial charge on any atom is -0.340 e. The summed E-state index contributed by atoms with van der Waals surface area (Å²) in [7, 11) is 0. The molecular weight excluding hydrogens is 393 g/mol. The van der Waals surface area contributed by atoms with Crippen molar-refractivity contribution in [2.75, 3.05) is 6.54 Å². The third-order valence-corrected chi connectivity index (χ3v) is 5.64. The molecule has 1 aliphatic heterocycles.